The van der Waals surface area contributed by atoms with Gasteiger partial charge < -0.3 is 9.64 Å². The zero-order valence-electron chi connectivity index (χ0n) is 28.2. The third kappa shape index (κ3) is 6.19. The first-order valence-corrected chi connectivity index (χ1v) is 13.9. The fourth-order valence-corrected chi connectivity index (χ4v) is 5.37. The Bertz CT molecular complexity index is 1750. The van der Waals surface area contributed by atoms with Gasteiger partial charge in [0.05, 0.1) is 16.7 Å². The van der Waals surface area contributed by atoms with E-state index >= 15 is 0 Å². The lowest BCUT2D eigenvalue weighted by molar-refractivity contribution is -0.219. The summed E-state index contributed by atoms with van der Waals surface area (Å²) >= 11 is 0. The Morgan fingerprint density at radius 1 is 1.27 bits per heavy atom. The lowest BCUT2D eigenvalue weighted by atomic mass is 9.94. The molecule has 0 aliphatic carbocycles. The van der Waals surface area contributed by atoms with Gasteiger partial charge >= 0.3 is 6.18 Å². The van der Waals surface area contributed by atoms with E-state index in [1.807, 2.05) is 4.72 Å². The number of sulfonamides is 1. The molecule has 1 fully saturated rings. The Balaban J connectivity index is 1.78. The van der Waals surface area contributed by atoms with Crippen molar-refractivity contribution in [2.75, 3.05) is 18.1 Å². The van der Waals surface area contributed by atoms with Gasteiger partial charge in [0.25, 0.3) is 15.9 Å². The van der Waals surface area contributed by atoms with Gasteiger partial charge in [0.2, 0.25) is 5.88 Å². The summed E-state index contributed by atoms with van der Waals surface area (Å²) < 4.78 is 117. The minimum atomic E-state index is -4.54. The molecule has 3 aromatic rings. The third-order valence-corrected chi connectivity index (χ3v) is 7.99. The number of nitrogens with zero attached hydrogens (tertiary/aromatic N) is 6. The first kappa shape index (κ1) is 24.0. The number of amides is 1. The van der Waals surface area contributed by atoms with E-state index in [0.717, 1.165) is 18.5 Å². The van der Waals surface area contributed by atoms with Gasteiger partial charge in [0, 0.05) is 44.4 Å². The fourth-order valence-electron chi connectivity index (χ4n) is 4.18. The minimum Gasteiger partial charge on any atom is -0.476 e. The summed E-state index contributed by atoms with van der Waals surface area (Å²) in [5.41, 5.74) is -3.95. The molecular weight excluding hydrogens is 563 g/mol. The fraction of sp³-hybridized carbons (Fsp3) is 0.538. The largest absolute Gasteiger partial charge is 0.476 e. The quantitative estimate of drug-likeness (QED) is 0.410. The number of aromatic nitrogens is 5. The molecule has 0 bridgehead atoms. The molecule has 1 saturated heterocycles. The molecule has 15 heteroatoms. The van der Waals surface area contributed by atoms with Crippen molar-refractivity contribution in [1.82, 2.24) is 29.3 Å². The van der Waals surface area contributed by atoms with Crippen LogP contribution in [0.2, 0.25) is 0 Å². The van der Waals surface area contributed by atoms with Crippen LogP contribution < -0.4 is 14.4 Å². The molecule has 41 heavy (non-hydrogen) atoms. The van der Waals surface area contributed by atoms with E-state index in [9.17, 15) is 26.4 Å². The molecule has 1 amide bonds. The molecule has 1 aliphatic rings. The second-order valence-electron chi connectivity index (χ2n) is 10.9. The molecule has 4 heterocycles. The van der Waals surface area contributed by atoms with Gasteiger partial charge in [0.15, 0.2) is 5.82 Å². The number of anilines is 1. The standard InChI is InChI=1S/C26H34F3N7O4S/c1-16-12-25(5,6)35(13-16)22-18(23(37)33-41(38,39)19-14-34(7)31-17(19)2)8-9-20(30-22)36-11-10-21(32-36)40-15-24(3,4)26(27,28)29/h8-11,14,16H,12-13,15H2,1-7H3,(H,33,37)/t16-/m0/s1/i1D3,12D2. The number of halogens is 3. The SMILES string of the molecule is [2H]C([2H])([2H])[C@@H]1CN(c2nc(-n3ccc(OCC(C)(C)C(F)(F)F)n3)ccc2C(=O)NS(=O)(=O)c2cn(C)nc2C)C(C)(C)C1([2H])[2H]. The average Bonchev–Trinajstić information content (AvgIpc) is 3.56. The monoisotopic (exact) mass is 602 g/mol. The van der Waals surface area contributed by atoms with Gasteiger partial charge in [0.1, 0.15) is 17.3 Å². The van der Waals surface area contributed by atoms with Crippen molar-refractivity contribution in [1.29, 1.82) is 0 Å². The van der Waals surface area contributed by atoms with Crippen LogP contribution in [0.25, 0.3) is 5.82 Å². The van der Waals surface area contributed by atoms with Crippen molar-refractivity contribution < 1.29 is 38.0 Å². The van der Waals surface area contributed by atoms with Gasteiger partial charge in [-0.2, -0.15) is 18.3 Å². The highest BCUT2D eigenvalue weighted by Crippen LogP contribution is 2.39. The van der Waals surface area contributed by atoms with Gasteiger partial charge in [-0.15, -0.1) is 5.10 Å². The van der Waals surface area contributed by atoms with Crippen LogP contribution in [0, 0.1) is 18.3 Å². The predicted octanol–water partition coefficient (Wildman–Crippen LogP) is 4.02. The Morgan fingerprint density at radius 2 is 1.98 bits per heavy atom. The van der Waals surface area contributed by atoms with Gasteiger partial charge in [-0.25, -0.2) is 22.8 Å². The number of hydrogen-bond acceptors (Lipinski definition) is 8. The van der Waals surface area contributed by atoms with E-state index < -0.39 is 65.4 Å². The Hall–Kier alpha value is -3.62. The molecule has 0 unspecified atom stereocenters. The van der Waals surface area contributed by atoms with Crippen molar-refractivity contribution in [2.24, 2.45) is 18.4 Å². The molecule has 4 rings (SSSR count). The molecule has 0 radical (unpaired) electrons. The summed E-state index contributed by atoms with van der Waals surface area (Å²) in [5.74, 6) is -3.06. The Labute approximate surface area is 243 Å². The molecule has 3 aromatic heterocycles. The number of pyridine rings is 1. The minimum absolute atomic E-state index is 0.00358. The topological polar surface area (TPSA) is 124 Å². The van der Waals surface area contributed by atoms with Crippen LogP contribution in [0.1, 0.15) is 63.8 Å². The number of carbonyl (C=O) groups excluding carboxylic acids is 1. The number of hydrogen-bond donors (Lipinski definition) is 1. The van der Waals surface area contributed by atoms with Crippen molar-refractivity contribution in [3.05, 3.63) is 41.9 Å². The number of ether oxygens (including phenoxy) is 1. The first-order valence-electron chi connectivity index (χ1n) is 14.9. The van der Waals surface area contributed by atoms with E-state index in [1.165, 1.54) is 68.0 Å². The van der Waals surface area contributed by atoms with Crippen LogP contribution in [0.4, 0.5) is 19.0 Å². The number of rotatable bonds is 8. The number of nitrogens with one attached hydrogen (secondary N) is 1. The predicted molar refractivity (Wildman–Crippen MR) is 144 cm³/mol. The van der Waals surface area contributed by atoms with E-state index in [0.29, 0.717) is 0 Å². The number of carbonyl (C=O) groups is 1. The Kier molecular flexibility index (Phi) is 6.06. The van der Waals surface area contributed by atoms with Gasteiger partial charge in [-0.05, 0) is 59.0 Å². The highest BCUT2D eigenvalue weighted by molar-refractivity contribution is 7.90. The van der Waals surface area contributed by atoms with Crippen molar-refractivity contribution in [3.63, 3.8) is 0 Å². The number of aryl methyl sites for hydroxylation is 2. The van der Waals surface area contributed by atoms with Crippen LogP contribution in [-0.4, -0.2) is 63.7 Å². The van der Waals surface area contributed by atoms with Crippen LogP contribution in [0.3, 0.4) is 0 Å². The van der Waals surface area contributed by atoms with Crippen molar-refractivity contribution in [3.8, 4) is 11.7 Å². The normalized spacial score (nSPS) is 21.0. The van der Waals surface area contributed by atoms with Crippen molar-refractivity contribution >= 4 is 21.7 Å². The molecule has 0 spiro atoms. The van der Waals surface area contributed by atoms with Crippen LogP contribution >= 0.6 is 0 Å². The van der Waals surface area contributed by atoms with Crippen LogP contribution in [0.5, 0.6) is 5.88 Å². The molecule has 0 saturated carbocycles. The highest BCUT2D eigenvalue weighted by Gasteiger charge is 2.48. The van der Waals surface area contributed by atoms with Crippen LogP contribution in [-0.2, 0) is 17.1 Å². The van der Waals surface area contributed by atoms with Crippen molar-refractivity contribution in [2.45, 2.75) is 64.5 Å². The van der Waals surface area contributed by atoms with E-state index in [2.05, 4.69) is 15.2 Å². The van der Waals surface area contributed by atoms with Gasteiger partial charge in [-0.1, -0.05) is 6.85 Å². The summed E-state index contributed by atoms with van der Waals surface area (Å²) in [6.45, 7) is 2.37. The maximum Gasteiger partial charge on any atom is 0.397 e. The lowest BCUT2D eigenvalue weighted by Crippen LogP contribution is -2.41. The molecule has 1 N–H and O–H groups in total. The number of alkyl halides is 3. The molecule has 11 nitrogen and oxygen atoms in total. The van der Waals surface area contributed by atoms with Crippen LogP contribution in [0.15, 0.2) is 35.5 Å². The molecule has 1 atom stereocenters. The summed E-state index contributed by atoms with van der Waals surface area (Å²) in [6.07, 6.45) is -4.33. The lowest BCUT2D eigenvalue weighted by Gasteiger charge is -2.34. The summed E-state index contributed by atoms with van der Waals surface area (Å²) in [5, 5.41) is 8.10. The average molecular weight is 603 g/mol. The maximum absolute atomic E-state index is 13.6. The maximum atomic E-state index is 13.6. The zero-order chi connectivity index (χ0) is 34.8. The Morgan fingerprint density at radius 3 is 2.56 bits per heavy atom. The summed E-state index contributed by atoms with van der Waals surface area (Å²) in [6, 6.07) is 3.79. The van der Waals surface area contributed by atoms with E-state index in [-0.39, 0.29) is 33.7 Å². The smallest absolute Gasteiger partial charge is 0.397 e. The molecule has 224 valence electrons. The molecule has 1 aliphatic heterocycles. The third-order valence-electron chi connectivity index (χ3n) is 6.56. The summed E-state index contributed by atoms with van der Waals surface area (Å²) in [7, 11) is -2.94. The second kappa shape index (κ2) is 10.3. The zero-order valence-corrected chi connectivity index (χ0v) is 24.1. The van der Waals surface area contributed by atoms with E-state index in [4.69, 9.17) is 11.6 Å². The first-order chi connectivity index (χ1) is 20.8. The van der Waals surface area contributed by atoms with Gasteiger partial charge in [-0.3, -0.25) is 9.48 Å². The molecule has 0 aromatic carbocycles. The highest BCUT2D eigenvalue weighted by atomic mass is 32.2. The summed E-state index contributed by atoms with van der Waals surface area (Å²) in [4.78, 5) is 19.1. The van der Waals surface area contributed by atoms with E-state index in [1.54, 1.807) is 0 Å². The molecular formula is C26H34F3N7O4S. The second-order valence-corrected chi connectivity index (χ2v) is 12.5.